The number of rotatable bonds is 7. The third-order valence-electron chi connectivity index (χ3n) is 4.93. The zero-order valence-corrected chi connectivity index (χ0v) is 15.8. The summed E-state index contributed by atoms with van der Waals surface area (Å²) in [5.74, 6) is 1.09. The molecule has 0 saturated heterocycles. The lowest BCUT2D eigenvalue weighted by molar-refractivity contribution is -0.119. The minimum atomic E-state index is 0.106. The van der Waals surface area contributed by atoms with E-state index in [9.17, 15) is 4.79 Å². The fourth-order valence-electron chi connectivity index (χ4n) is 3.47. The largest absolute Gasteiger partial charge is 0.383 e. The van der Waals surface area contributed by atoms with E-state index >= 15 is 0 Å². The molecule has 1 heterocycles. The third-order valence-corrected chi connectivity index (χ3v) is 5.91. The van der Waals surface area contributed by atoms with E-state index in [2.05, 4.69) is 27.9 Å². The molecule has 2 atom stereocenters. The maximum absolute atomic E-state index is 12.4. The van der Waals surface area contributed by atoms with Gasteiger partial charge in [-0.3, -0.25) is 4.79 Å². The molecule has 0 spiro atoms. The Morgan fingerprint density at radius 1 is 1.36 bits per heavy atom. The summed E-state index contributed by atoms with van der Waals surface area (Å²) in [5, 5.41) is 4.09. The molecule has 1 aromatic heterocycles. The molecule has 1 aliphatic rings. The standard InChI is InChI=1S/C19H27N3O2S/c1-14-7-3-4-8-15(14)20-18(23)13-25-19-21-16-9-5-6-10-17(16)22(19)11-12-24-2/h5-6,9-10,14-15H,3-4,7-8,11-13H2,1-2H3,(H,20,23)/t14-,15+/m1/s1. The molecule has 1 amide bonds. The van der Waals surface area contributed by atoms with Crippen LogP contribution in [0.15, 0.2) is 29.4 Å². The first kappa shape index (κ1) is 18.3. The Balaban J connectivity index is 1.64. The Hall–Kier alpha value is -1.53. The number of thioether (sulfide) groups is 1. The quantitative estimate of drug-likeness (QED) is 0.767. The van der Waals surface area contributed by atoms with E-state index in [1.807, 2.05) is 18.2 Å². The van der Waals surface area contributed by atoms with Gasteiger partial charge in [-0.25, -0.2) is 4.98 Å². The Morgan fingerprint density at radius 3 is 2.96 bits per heavy atom. The van der Waals surface area contributed by atoms with Crippen LogP contribution in [0.4, 0.5) is 0 Å². The number of benzene rings is 1. The predicted octanol–water partition coefficient (Wildman–Crippen LogP) is 3.47. The molecule has 1 fully saturated rings. The molecular weight excluding hydrogens is 334 g/mol. The summed E-state index contributed by atoms with van der Waals surface area (Å²) in [5.41, 5.74) is 2.05. The van der Waals surface area contributed by atoms with Crippen molar-refractivity contribution in [1.29, 1.82) is 0 Å². The molecule has 1 aliphatic carbocycles. The fourth-order valence-corrected chi connectivity index (χ4v) is 4.32. The SMILES string of the molecule is COCCn1c(SCC(=O)N[C@H]2CCCC[C@H]2C)nc2ccccc21. The van der Waals surface area contributed by atoms with Crippen molar-refractivity contribution in [2.24, 2.45) is 5.92 Å². The van der Waals surface area contributed by atoms with E-state index in [-0.39, 0.29) is 5.91 Å². The molecule has 0 aliphatic heterocycles. The van der Waals surface area contributed by atoms with Gasteiger partial charge in [0.1, 0.15) is 0 Å². The third kappa shape index (κ3) is 4.55. The first-order valence-corrected chi connectivity index (χ1v) is 10.0. The van der Waals surface area contributed by atoms with Crippen molar-refractivity contribution < 1.29 is 9.53 Å². The molecule has 0 unspecified atom stereocenters. The highest BCUT2D eigenvalue weighted by molar-refractivity contribution is 7.99. The van der Waals surface area contributed by atoms with Crippen LogP contribution in [0.2, 0.25) is 0 Å². The van der Waals surface area contributed by atoms with Gasteiger partial charge in [0.25, 0.3) is 0 Å². The lowest BCUT2D eigenvalue weighted by Gasteiger charge is -2.29. The molecule has 136 valence electrons. The van der Waals surface area contributed by atoms with Crippen LogP contribution in [0.5, 0.6) is 0 Å². The van der Waals surface area contributed by atoms with Crippen LogP contribution >= 0.6 is 11.8 Å². The van der Waals surface area contributed by atoms with Crippen molar-refractivity contribution in [3.8, 4) is 0 Å². The Labute approximate surface area is 153 Å². The van der Waals surface area contributed by atoms with Crippen LogP contribution in [0, 0.1) is 5.92 Å². The van der Waals surface area contributed by atoms with E-state index < -0.39 is 0 Å². The van der Waals surface area contributed by atoms with Gasteiger partial charge in [-0.05, 0) is 30.9 Å². The Kier molecular flexibility index (Phi) is 6.37. The number of carbonyl (C=O) groups excluding carboxylic acids is 1. The normalized spacial score (nSPS) is 20.7. The summed E-state index contributed by atoms with van der Waals surface area (Å²) >= 11 is 1.51. The Bertz CT molecular complexity index is 716. The highest BCUT2D eigenvalue weighted by Gasteiger charge is 2.23. The lowest BCUT2D eigenvalue weighted by atomic mass is 9.86. The smallest absolute Gasteiger partial charge is 0.230 e. The second kappa shape index (κ2) is 8.72. The molecule has 2 aromatic rings. The summed E-state index contributed by atoms with van der Waals surface area (Å²) in [7, 11) is 1.70. The average molecular weight is 362 g/mol. The number of hydrogen-bond acceptors (Lipinski definition) is 4. The van der Waals surface area contributed by atoms with Crippen LogP contribution < -0.4 is 5.32 Å². The van der Waals surface area contributed by atoms with Crippen LogP contribution in [0.1, 0.15) is 32.6 Å². The molecule has 3 rings (SSSR count). The Morgan fingerprint density at radius 2 is 2.16 bits per heavy atom. The van der Waals surface area contributed by atoms with Crippen molar-refractivity contribution in [2.45, 2.75) is 50.4 Å². The minimum Gasteiger partial charge on any atom is -0.383 e. The second-order valence-electron chi connectivity index (χ2n) is 6.75. The maximum Gasteiger partial charge on any atom is 0.230 e. The monoisotopic (exact) mass is 361 g/mol. The highest BCUT2D eigenvalue weighted by Crippen LogP contribution is 2.26. The van der Waals surface area contributed by atoms with Gasteiger partial charge >= 0.3 is 0 Å². The van der Waals surface area contributed by atoms with Crippen molar-refractivity contribution in [1.82, 2.24) is 14.9 Å². The van der Waals surface area contributed by atoms with Gasteiger partial charge in [-0.1, -0.05) is 43.7 Å². The van der Waals surface area contributed by atoms with Gasteiger partial charge in [0.15, 0.2) is 5.16 Å². The molecule has 25 heavy (non-hydrogen) atoms. The van der Waals surface area contributed by atoms with E-state index in [1.54, 1.807) is 7.11 Å². The van der Waals surface area contributed by atoms with Crippen LogP contribution in [0.25, 0.3) is 11.0 Å². The number of ether oxygens (including phenoxy) is 1. The summed E-state index contributed by atoms with van der Waals surface area (Å²) in [6.07, 6.45) is 4.82. The summed E-state index contributed by atoms with van der Waals surface area (Å²) in [6.45, 7) is 3.60. The number of aromatic nitrogens is 2. The topological polar surface area (TPSA) is 56.1 Å². The molecule has 6 heteroatoms. The fraction of sp³-hybridized carbons (Fsp3) is 0.579. The number of nitrogens with zero attached hydrogens (tertiary/aromatic N) is 2. The molecule has 5 nitrogen and oxygen atoms in total. The minimum absolute atomic E-state index is 0.106. The zero-order chi connectivity index (χ0) is 17.6. The number of methoxy groups -OCH3 is 1. The van der Waals surface area contributed by atoms with Crippen molar-refractivity contribution in [3.63, 3.8) is 0 Å². The van der Waals surface area contributed by atoms with E-state index in [0.29, 0.717) is 24.3 Å². The van der Waals surface area contributed by atoms with Gasteiger partial charge in [-0.2, -0.15) is 0 Å². The van der Waals surface area contributed by atoms with Crippen molar-refractivity contribution in [3.05, 3.63) is 24.3 Å². The van der Waals surface area contributed by atoms with Crippen molar-refractivity contribution in [2.75, 3.05) is 19.5 Å². The number of carbonyl (C=O) groups is 1. The number of imidazole rings is 1. The molecule has 0 bridgehead atoms. The number of hydrogen-bond donors (Lipinski definition) is 1. The summed E-state index contributed by atoms with van der Waals surface area (Å²) < 4.78 is 7.36. The van der Waals surface area contributed by atoms with Gasteiger partial charge in [0.2, 0.25) is 5.91 Å². The maximum atomic E-state index is 12.4. The second-order valence-corrected chi connectivity index (χ2v) is 7.69. The van der Waals surface area contributed by atoms with Crippen LogP contribution in [-0.4, -0.2) is 41.0 Å². The van der Waals surface area contributed by atoms with Gasteiger partial charge < -0.3 is 14.6 Å². The number of amides is 1. The van der Waals surface area contributed by atoms with E-state index in [0.717, 1.165) is 29.2 Å². The predicted molar refractivity (Wildman–Crippen MR) is 102 cm³/mol. The van der Waals surface area contributed by atoms with Gasteiger partial charge in [0, 0.05) is 19.7 Å². The van der Waals surface area contributed by atoms with Crippen LogP contribution in [-0.2, 0) is 16.1 Å². The number of fused-ring (bicyclic) bond motifs is 1. The summed E-state index contributed by atoms with van der Waals surface area (Å²) in [4.78, 5) is 17.1. The summed E-state index contributed by atoms with van der Waals surface area (Å²) in [6, 6.07) is 8.40. The lowest BCUT2D eigenvalue weighted by Crippen LogP contribution is -2.41. The average Bonchev–Trinajstić information content (AvgIpc) is 2.98. The van der Waals surface area contributed by atoms with E-state index in [1.165, 1.54) is 31.0 Å². The first-order chi connectivity index (χ1) is 12.2. The molecule has 1 aromatic carbocycles. The van der Waals surface area contributed by atoms with E-state index in [4.69, 9.17) is 4.74 Å². The zero-order valence-electron chi connectivity index (χ0n) is 15.0. The number of para-hydroxylation sites is 2. The first-order valence-electron chi connectivity index (χ1n) is 9.05. The molecule has 1 saturated carbocycles. The number of nitrogens with one attached hydrogen (secondary N) is 1. The molecular formula is C19H27N3O2S. The highest BCUT2D eigenvalue weighted by atomic mass is 32.2. The van der Waals surface area contributed by atoms with Crippen LogP contribution in [0.3, 0.4) is 0 Å². The van der Waals surface area contributed by atoms with Gasteiger partial charge in [0.05, 0.1) is 23.4 Å². The van der Waals surface area contributed by atoms with Crippen molar-refractivity contribution >= 4 is 28.7 Å². The molecule has 0 radical (unpaired) electrons. The van der Waals surface area contributed by atoms with Gasteiger partial charge in [-0.15, -0.1) is 0 Å². The molecule has 1 N–H and O–H groups in total.